The van der Waals surface area contributed by atoms with Crippen LogP contribution in [0.15, 0.2) is 66.9 Å². The number of aryl methyl sites for hydroxylation is 1. The molecule has 1 aliphatic rings. The summed E-state index contributed by atoms with van der Waals surface area (Å²) in [6.45, 7) is 11.9. The van der Waals surface area contributed by atoms with E-state index in [1.54, 1.807) is 0 Å². The van der Waals surface area contributed by atoms with Crippen molar-refractivity contribution >= 4 is 21.5 Å². The lowest BCUT2D eigenvalue weighted by atomic mass is 9.60. The van der Waals surface area contributed by atoms with Crippen molar-refractivity contribution in [1.82, 2.24) is 0 Å². The molecule has 0 spiro atoms. The Balaban J connectivity index is 1.87. The number of hydrogen-bond acceptors (Lipinski definition) is 0. The Morgan fingerprint density at radius 2 is 1.56 bits per heavy atom. The van der Waals surface area contributed by atoms with Gasteiger partial charge in [0.05, 0.1) is 11.0 Å². The topological polar surface area (TPSA) is 3.88 Å². The van der Waals surface area contributed by atoms with Crippen LogP contribution in [-0.2, 0) is 17.4 Å². The van der Waals surface area contributed by atoms with Crippen LogP contribution < -0.4 is 4.57 Å². The van der Waals surface area contributed by atoms with Crippen molar-refractivity contribution in [1.29, 1.82) is 0 Å². The van der Waals surface area contributed by atoms with Gasteiger partial charge in [-0.05, 0) is 77.1 Å². The van der Waals surface area contributed by atoms with Crippen LogP contribution in [0.25, 0.3) is 32.8 Å². The van der Waals surface area contributed by atoms with Crippen molar-refractivity contribution in [3.8, 4) is 11.3 Å². The van der Waals surface area contributed by atoms with Crippen molar-refractivity contribution < 1.29 is 4.57 Å². The number of benzene rings is 3. The zero-order valence-corrected chi connectivity index (χ0v) is 20.3. The van der Waals surface area contributed by atoms with Gasteiger partial charge in [-0.25, -0.2) is 0 Å². The summed E-state index contributed by atoms with van der Waals surface area (Å²) in [4.78, 5) is 0. The smallest absolute Gasteiger partial charge is 0.192 e. The molecule has 0 saturated carbocycles. The monoisotopic (exact) mass is 422 g/mol. The molecule has 5 rings (SSSR count). The maximum Gasteiger partial charge on any atom is 0.213 e. The lowest BCUT2D eigenvalue weighted by molar-refractivity contribution is -0.765. The minimum absolute atomic E-state index is 0.0448. The van der Waals surface area contributed by atoms with Crippen LogP contribution in [-0.4, -0.2) is 0 Å². The minimum atomic E-state index is 0.0448. The molecular formula is C31H36N+. The van der Waals surface area contributed by atoms with Gasteiger partial charge in [0.2, 0.25) is 5.69 Å². The molecule has 2 heterocycles. The zero-order valence-electron chi connectivity index (χ0n) is 20.3. The van der Waals surface area contributed by atoms with Gasteiger partial charge >= 0.3 is 0 Å². The van der Waals surface area contributed by atoms with Crippen molar-refractivity contribution in [2.24, 2.45) is 0 Å². The van der Waals surface area contributed by atoms with E-state index in [2.05, 4.69) is 106 Å². The molecule has 0 amide bonds. The Hall–Kier alpha value is -2.67. The number of pyridine rings is 1. The summed E-state index contributed by atoms with van der Waals surface area (Å²) < 4.78 is 2.57. The average molecular weight is 423 g/mol. The molecule has 0 aliphatic carbocycles. The van der Waals surface area contributed by atoms with Crippen LogP contribution in [0.5, 0.6) is 0 Å². The second-order valence-electron chi connectivity index (χ2n) is 10.1. The molecule has 0 radical (unpaired) electrons. The van der Waals surface area contributed by atoms with Gasteiger partial charge in [0.15, 0.2) is 11.7 Å². The highest BCUT2D eigenvalue weighted by atomic mass is 15.1. The summed E-state index contributed by atoms with van der Waals surface area (Å²) in [5, 5.41) is 5.53. The minimum Gasteiger partial charge on any atom is -0.192 e. The lowest BCUT2D eigenvalue weighted by Gasteiger charge is -2.46. The molecular weight excluding hydrogens is 386 g/mol. The first-order valence-corrected chi connectivity index (χ1v) is 12.5. The van der Waals surface area contributed by atoms with Crippen molar-refractivity contribution in [3.05, 3.63) is 78.0 Å². The third-order valence-corrected chi connectivity index (χ3v) is 8.74. The number of unbranched alkanes of at least 4 members (excludes halogenated alkanes) is 1. The van der Waals surface area contributed by atoms with Gasteiger partial charge in [-0.3, -0.25) is 0 Å². The Morgan fingerprint density at radius 3 is 2.31 bits per heavy atom. The summed E-state index contributed by atoms with van der Waals surface area (Å²) >= 11 is 0. The van der Waals surface area contributed by atoms with E-state index in [0.29, 0.717) is 0 Å². The molecule has 0 fully saturated rings. The van der Waals surface area contributed by atoms with E-state index in [1.807, 2.05) is 0 Å². The molecule has 4 aromatic rings. The van der Waals surface area contributed by atoms with Crippen molar-refractivity contribution in [2.45, 2.75) is 77.7 Å². The molecule has 1 aliphatic heterocycles. The first-order chi connectivity index (χ1) is 15.5. The lowest BCUT2D eigenvalue weighted by Crippen LogP contribution is -2.67. The third kappa shape index (κ3) is 2.80. The summed E-state index contributed by atoms with van der Waals surface area (Å²) in [5.41, 5.74) is 5.88. The fraction of sp³-hybridized carbons (Fsp3) is 0.387. The van der Waals surface area contributed by atoms with Gasteiger partial charge in [-0.15, -0.1) is 0 Å². The number of rotatable bonds is 5. The highest BCUT2D eigenvalue weighted by Crippen LogP contribution is 2.51. The van der Waals surface area contributed by atoms with Gasteiger partial charge in [-0.2, -0.15) is 4.57 Å². The summed E-state index contributed by atoms with van der Waals surface area (Å²) in [6.07, 6.45) is 8.16. The highest BCUT2D eigenvalue weighted by Gasteiger charge is 2.56. The van der Waals surface area contributed by atoms with Crippen LogP contribution in [0.4, 0.5) is 0 Å². The molecule has 164 valence electrons. The molecule has 0 N–H and O–H groups in total. The van der Waals surface area contributed by atoms with Gasteiger partial charge in [0.1, 0.15) is 0 Å². The summed E-state index contributed by atoms with van der Waals surface area (Å²) in [7, 11) is 0. The van der Waals surface area contributed by atoms with Crippen LogP contribution in [0, 0.1) is 0 Å². The van der Waals surface area contributed by atoms with E-state index in [4.69, 9.17) is 0 Å². The van der Waals surface area contributed by atoms with Crippen LogP contribution in [0.1, 0.15) is 71.4 Å². The second-order valence-corrected chi connectivity index (χ2v) is 10.1. The Bertz CT molecular complexity index is 1320. The second kappa shape index (κ2) is 7.73. The molecule has 2 unspecified atom stereocenters. The van der Waals surface area contributed by atoms with Gasteiger partial charge in [-0.1, -0.05) is 57.5 Å². The van der Waals surface area contributed by atoms with Gasteiger partial charge in [0, 0.05) is 25.5 Å². The maximum absolute atomic E-state index is 2.57. The SMILES string of the molecule is CCCCc1cccc2cc3c4c(ccc3cc12)C(C)(CC)C(C)(CC)[n+]1ccccc1-4. The van der Waals surface area contributed by atoms with Gasteiger partial charge in [0.25, 0.3) is 0 Å². The van der Waals surface area contributed by atoms with E-state index in [0.717, 1.165) is 19.3 Å². The summed E-state index contributed by atoms with van der Waals surface area (Å²) in [5.74, 6) is 0. The van der Waals surface area contributed by atoms with Gasteiger partial charge < -0.3 is 0 Å². The zero-order chi connectivity index (χ0) is 22.5. The van der Waals surface area contributed by atoms with Crippen LogP contribution in [0.3, 0.4) is 0 Å². The van der Waals surface area contributed by atoms with Crippen molar-refractivity contribution in [2.75, 3.05) is 0 Å². The Kier molecular flexibility index (Phi) is 5.12. The first kappa shape index (κ1) is 21.2. The standard InChI is InChI=1S/C31H36N/c1-6-9-13-22-14-12-15-23-21-26-24(20-25(22)23)17-18-27-29(26)28-16-10-11-19-32(28)31(5,8-3)30(27,4)7-2/h10-12,14-21H,6-9,13H2,1-5H3/q+1. The largest absolute Gasteiger partial charge is 0.213 e. The number of hydrogen-bond donors (Lipinski definition) is 0. The van der Waals surface area contributed by atoms with Crippen LogP contribution >= 0.6 is 0 Å². The Labute approximate surface area is 193 Å². The molecule has 32 heavy (non-hydrogen) atoms. The highest BCUT2D eigenvalue weighted by molar-refractivity contribution is 6.06. The molecule has 1 aromatic heterocycles. The van der Waals surface area contributed by atoms with Crippen LogP contribution in [0.2, 0.25) is 0 Å². The van der Waals surface area contributed by atoms with Crippen molar-refractivity contribution in [3.63, 3.8) is 0 Å². The van der Waals surface area contributed by atoms with E-state index >= 15 is 0 Å². The molecule has 3 aromatic carbocycles. The molecule has 0 saturated heterocycles. The fourth-order valence-corrected chi connectivity index (χ4v) is 6.25. The average Bonchev–Trinajstić information content (AvgIpc) is 2.84. The molecule has 1 heteroatoms. The molecule has 0 bridgehead atoms. The predicted molar refractivity (Wildman–Crippen MR) is 137 cm³/mol. The normalized spacial score (nSPS) is 22.2. The summed E-state index contributed by atoms with van der Waals surface area (Å²) in [6, 6.07) is 23.3. The maximum atomic E-state index is 2.57. The Morgan fingerprint density at radius 1 is 0.781 bits per heavy atom. The van der Waals surface area contributed by atoms with E-state index in [1.165, 1.54) is 56.8 Å². The van der Waals surface area contributed by atoms with E-state index in [9.17, 15) is 0 Å². The molecule has 1 nitrogen and oxygen atoms in total. The number of nitrogens with zero attached hydrogens (tertiary/aromatic N) is 1. The number of fused-ring (bicyclic) bond motifs is 6. The number of aromatic nitrogens is 1. The fourth-order valence-electron chi connectivity index (χ4n) is 6.25. The molecule has 2 atom stereocenters. The van der Waals surface area contributed by atoms with E-state index in [-0.39, 0.29) is 11.0 Å². The predicted octanol–water partition coefficient (Wildman–Crippen LogP) is 8.10. The first-order valence-electron chi connectivity index (χ1n) is 12.5. The quantitative estimate of drug-likeness (QED) is 0.226. The van der Waals surface area contributed by atoms with E-state index < -0.39 is 0 Å². The third-order valence-electron chi connectivity index (χ3n) is 8.74.